The Balaban J connectivity index is 2.37. The van der Waals surface area contributed by atoms with Crippen LogP contribution in [0.3, 0.4) is 0 Å². The highest BCUT2D eigenvalue weighted by atomic mass is 16.2. The number of carbonyl (C=O) groups excluding carboxylic acids is 2. The monoisotopic (exact) mass is 279 g/mol. The normalized spacial score (nSPS) is 9.90. The van der Waals surface area contributed by atoms with Crippen molar-refractivity contribution in [2.75, 3.05) is 25.0 Å². The average molecular weight is 279 g/mol. The molecule has 0 aliphatic rings. The van der Waals surface area contributed by atoms with Crippen LogP contribution in [-0.2, 0) is 4.79 Å². The summed E-state index contributed by atoms with van der Waals surface area (Å²) in [5.41, 5.74) is 0.239. The highest BCUT2D eigenvalue weighted by Gasteiger charge is 2.08. The van der Waals surface area contributed by atoms with E-state index >= 15 is 0 Å². The van der Waals surface area contributed by atoms with Gasteiger partial charge in [0.2, 0.25) is 5.91 Å². The van der Waals surface area contributed by atoms with E-state index in [0.717, 1.165) is 13.0 Å². The van der Waals surface area contributed by atoms with E-state index in [-0.39, 0.29) is 30.5 Å². The van der Waals surface area contributed by atoms with Crippen molar-refractivity contribution in [2.24, 2.45) is 0 Å². The quantitative estimate of drug-likeness (QED) is 0.646. The number of hydrogen-bond acceptors (Lipinski definition) is 5. The number of aromatic nitrogens is 2. The molecule has 0 saturated carbocycles. The molecule has 0 saturated heterocycles. The smallest absolute Gasteiger partial charge is 0.271 e. The fourth-order valence-corrected chi connectivity index (χ4v) is 1.46. The first-order chi connectivity index (χ1) is 9.67. The van der Waals surface area contributed by atoms with E-state index in [1.165, 1.54) is 12.4 Å². The number of anilines is 1. The predicted molar refractivity (Wildman–Crippen MR) is 76.4 cm³/mol. The summed E-state index contributed by atoms with van der Waals surface area (Å²) in [6.45, 7) is 5.58. The predicted octanol–water partition coefficient (Wildman–Crippen LogP) is 0.554. The summed E-state index contributed by atoms with van der Waals surface area (Å²) >= 11 is 0. The molecule has 1 heterocycles. The van der Waals surface area contributed by atoms with E-state index < -0.39 is 0 Å². The summed E-state index contributed by atoms with van der Waals surface area (Å²) in [5, 5.41) is 8.36. The minimum absolute atomic E-state index is 0.0852. The second-order valence-electron chi connectivity index (χ2n) is 4.17. The first-order valence-corrected chi connectivity index (χ1v) is 6.78. The maximum Gasteiger partial charge on any atom is 0.271 e. The van der Waals surface area contributed by atoms with Gasteiger partial charge in [-0.1, -0.05) is 6.92 Å². The third-order valence-corrected chi connectivity index (χ3v) is 2.45. The molecule has 2 amide bonds. The van der Waals surface area contributed by atoms with E-state index in [2.05, 4.69) is 32.8 Å². The molecular formula is C13H21N5O2. The van der Waals surface area contributed by atoms with Gasteiger partial charge in [0.15, 0.2) is 0 Å². The zero-order valence-corrected chi connectivity index (χ0v) is 11.9. The van der Waals surface area contributed by atoms with Crippen molar-refractivity contribution in [1.29, 1.82) is 0 Å². The van der Waals surface area contributed by atoms with Gasteiger partial charge in [-0.3, -0.25) is 9.59 Å². The van der Waals surface area contributed by atoms with Crippen LogP contribution in [0.5, 0.6) is 0 Å². The number of rotatable bonds is 8. The van der Waals surface area contributed by atoms with Gasteiger partial charge in [0.1, 0.15) is 11.5 Å². The standard InChI is InChI=1S/C13H21N5O2/c1-3-6-15-11-9-17-10(8-18-11)13(20)16-7-5-12(19)14-4-2/h8-9H,3-7H2,1-2H3,(H,14,19)(H,15,18)(H,16,20). The molecule has 0 aliphatic heterocycles. The Morgan fingerprint density at radius 2 is 1.90 bits per heavy atom. The van der Waals surface area contributed by atoms with Crippen molar-refractivity contribution >= 4 is 17.6 Å². The fourth-order valence-electron chi connectivity index (χ4n) is 1.46. The van der Waals surface area contributed by atoms with Crippen molar-refractivity contribution in [3.63, 3.8) is 0 Å². The van der Waals surface area contributed by atoms with Crippen LogP contribution in [-0.4, -0.2) is 41.4 Å². The van der Waals surface area contributed by atoms with Crippen molar-refractivity contribution < 1.29 is 9.59 Å². The Kier molecular flexibility index (Phi) is 7.02. The van der Waals surface area contributed by atoms with Crippen LogP contribution in [0.25, 0.3) is 0 Å². The van der Waals surface area contributed by atoms with Gasteiger partial charge in [0.05, 0.1) is 12.4 Å². The number of amides is 2. The van der Waals surface area contributed by atoms with Crippen LogP contribution in [0.15, 0.2) is 12.4 Å². The number of hydrogen-bond donors (Lipinski definition) is 3. The van der Waals surface area contributed by atoms with Crippen LogP contribution >= 0.6 is 0 Å². The lowest BCUT2D eigenvalue weighted by atomic mass is 10.3. The van der Waals surface area contributed by atoms with Gasteiger partial charge in [-0.15, -0.1) is 0 Å². The molecule has 3 N–H and O–H groups in total. The van der Waals surface area contributed by atoms with E-state index in [9.17, 15) is 9.59 Å². The molecule has 0 atom stereocenters. The second-order valence-corrected chi connectivity index (χ2v) is 4.17. The van der Waals surface area contributed by atoms with Crippen molar-refractivity contribution in [3.8, 4) is 0 Å². The lowest BCUT2D eigenvalue weighted by Crippen LogP contribution is -2.31. The van der Waals surface area contributed by atoms with Crippen molar-refractivity contribution in [2.45, 2.75) is 26.7 Å². The molecule has 110 valence electrons. The summed E-state index contributed by atoms with van der Waals surface area (Å²) in [6.07, 6.45) is 4.18. The van der Waals surface area contributed by atoms with Gasteiger partial charge in [-0.25, -0.2) is 9.97 Å². The summed E-state index contributed by atoms with van der Waals surface area (Å²) < 4.78 is 0. The van der Waals surface area contributed by atoms with Crippen LogP contribution in [0.4, 0.5) is 5.82 Å². The molecule has 0 fully saturated rings. The van der Waals surface area contributed by atoms with Gasteiger partial charge in [-0.05, 0) is 13.3 Å². The Morgan fingerprint density at radius 1 is 1.10 bits per heavy atom. The molecule has 7 heteroatoms. The van der Waals surface area contributed by atoms with Crippen LogP contribution in [0.1, 0.15) is 37.2 Å². The minimum Gasteiger partial charge on any atom is -0.369 e. The molecule has 20 heavy (non-hydrogen) atoms. The molecule has 1 rings (SSSR count). The summed E-state index contributed by atoms with van der Waals surface area (Å²) in [6, 6.07) is 0. The average Bonchev–Trinajstić information content (AvgIpc) is 2.46. The molecule has 7 nitrogen and oxygen atoms in total. The molecule has 0 unspecified atom stereocenters. The number of nitrogens with zero attached hydrogens (tertiary/aromatic N) is 2. The highest BCUT2D eigenvalue weighted by Crippen LogP contribution is 2.01. The van der Waals surface area contributed by atoms with E-state index in [0.29, 0.717) is 12.4 Å². The zero-order valence-electron chi connectivity index (χ0n) is 11.9. The Morgan fingerprint density at radius 3 is 2.50 bits per heavy atom. The van der Waals surface area contributed by atoms with E-state index in [4.69, 9.17) is 0 Å². The summed E-state index contributed by atoms with van der Waals surface area (Å²) in [7, 11) is 0. The van der Waals surface area contributed by atoms with Crippen LogP contribution in [0, 0.1) is 0 Å². The van der Waals surface area contributed by atoms with Crippen molar-refractivity contribution in [1.82, 2.24) is 20.6 Å². The fraction of sp³-hybridized carbons (Fsp3) is 0.538. The lowest BCUT2D eigenvalue weighted by Gasteiger charge is -2.06. The molecule has 1 aromatic rings. The first-order valence-electron chi connectivity index (χ1n) is 6.78. The van der Waals surface area contributed by atoms with Gasteiger partial charge in [0, 0.05) is 26.1 Å². The van der Waals surface area contributed by atoms with Gasteiger partial charge < -0.3 is 16.0 Å². The topological polar surface area (TPSA) is 96.0 Å². The van der Waals surface area contributed by atoms with Crippen LogP contribution < -0.4 is 16.0 Å². The highest BCUT2D eigenvalue weighted by molar-refractivity contribution is 5.92. The van der Waals surface area contributed by atoms with E-state index in [1.54, 1.807) is 0 Å². The molecule has 0 radical (unpaired) electrons. The number of carbonyl (C=O) groups is 2. The molecule has 0 aromatic carbocycles. The Hall–Kier alpha value is -2.18. The third-order valence-electron chi connectivity index (χ3n) is 2.45. The van der Waals surface area contributed by atoms with Crippen molar-refractivity contribution in [3.05, 3.63) is 18.1 Å². The van der Waals surface area contributed by atoms with Gasteiger partial charge in [0.25, 0.3) is 5.91 Å². The maximum absolute atomic E-state index is 11.7. The molecular weight excluding hydrogens is 258 g/mol. The molecule has 0 aliphatic carbocycles. The van der Waals surface area contributed by atoms with Crippen LogP contribution in [0.2, 0.25) is 0 Å². The third kappa shape index (κ3) is 5.64. The molecule has 0 spiro atoms. The number of nitrogens with one attached hydrogen (secondary N) is 3. The lowest BCUT2D eigenvalue weighted by molar-refractivity contribution is -0.120. The Labute approximate surface area is 118 Å². The van der Waals surface area contributed by atoms with Gasteiger partial charge >= 0.3 is 0 Å². The van der Waals surface area contributed by atoms with E-state index in [1.807, 2.05) is 6.92 Å². The zero-order chi connectivity index (χ0) is 14.8. The summed E-state index contributed by atoms with van der Waals surface area (Å²) in [4.78, 5) is 31.1. The molecule has 0 bridgehead atoms. The maximum atomic E-state index is 11.7. The first kappa shape index (κ1) is 15.9. The second kappa shape index (κ2) is 8.84. The summed E-state index contributed by atoms with van der Waals surface area (Å²) in [5.74, 6) is 0.229. The minimum atomic E-state index is -0.330. The Bertz CT molecular complexity index is 433. The molecule has 1 aromatic heterocycles. The van der Waals surface area contributed by atoms with Gasteiger partial charge in [-0.2, -0.15) is 0 Å². The SMILES string of the molecule is CCCNc1cnc(C(=O)NCCC(=O)NCC)cn1. The largest absolute Gasteiger partial charge is 0.369 e.